The third-order valence-corrected chi connectivity index (χ3v) is 7.27. The van der Waals surface area contributed by atoms with Crippen LogP contribution >= 0.6 is 0 Å². The summed E-state index contributed by atoms with van der Waals surface area (Å²) >= 11 is 0. The van der Waals surface area contributed by atoms with Crippen LogP contribution in [0.1, 0.15) is 64.1 Å². The molecule has 0 radical (unpaired) electrons. The highest BCUT2D eigenvalue weighted by molar-refractivity contribution is 5.94. The molecular formula is C30H34N4O. The molecule has 2 aromatic heterocycles. The van der Waals surface area contributed by atoms with Gasteiger partial charge in [0.15, 0.2) is 0 Å². The predicted octanol–water partition coefficient (Wildman–Crippen LogP) is 5.83. The number of hydrogen-bond acceptors (Lipinski definition) is 3. The van der Waals surface area contributed by atoms with E-state index in [9.17, 15) is 4.79 Å². The number of carbonyl (C=O) groups excluding carboxylic acids is 1. The number of imidazole rings is 1. The Morgan fingerprint density at radius 3 is 2.40 bits per heavy atom. The van der Waals surface area contributed by atoms with Gasteiger partial charge in [0.1, 0.15) is 11.3 Å². The van der Waals surface area contributed by atoms with Crippen molar-refractivity contribution in [1.29, 1.82) is 0 Å². The van der Waals surface area contributed by atoms with Crippen molar-refractivity contribution in [3.05, 3.63) is 101 Å². The van der Waals surface area contributed by atoms with Crippen LogP contribution in [0.15, 0.2) is 66.9 Å². The van der Waals surface area contributed by atoms with Gasteiger partial charge in [-0.15, -0.1) is 0 Å². The van der Waals surface area contributed by atoms with Crippen molar-refractivity contribution in [3.8, 4) is 0 Å². The Morgan fingerprint density at radius 2 is 1.71 bits per heavy atom. The predicted molar refractivity (Wildman–Crippen MR) is 142 cm³/mol. The van der Waals surface area contributed by atoms with Gasteiger partial charge < -0.3 is 10.2 Å². The summed E-state index contributed by atoms with van der Waals surface area (Å²) in [5.41, 5.74) is 8.54. The number of hydrogen-bond donors (Lipinski definition) is 1. The zero-order valence-electron chi connectivity index (χ0n) is 20.9. The van der Waals surface area contributed by atoms with Crippen molar-refractivity contribution >= 4 is 17.2 Å². The van der Waals surface area contributed by atoms with Crippen molar-refractivity contribution in [2.45, 2.75) is 52.5 Å². The Morgan fingerprint density at radius 1 is 1.00 bits per heavy atom. The number of carbonyl (C=O) groups is 1. The summed E-state index contributed by atoms with van der Waals surface area (Å²) in [6.45, 7) is 8.85. The fraction of sp³-hybridized carbons (Fsp3) is 0.333. The molecule has 1 aliphatic rings. The Balaban J connectivity index is 1.20. The molecule has 35 heavy (non-hydrogen) atoms. The number of nitrogens with one attached hydrogen (secondary N) is 1. The van der Waals surface area contributed by atoms with Crippen LogP contribution in [-0.4, -0.2) is 28.4 Å². The SMILES string of the molecule is CCc1nc2c(C)cccn2c1C(=O)NCc1ccc(N2CCC(c3ccc(C)cc3)CC2)cc1. The lowest BCUT2D eigenvalue weighted by atomic mass is 9.89. The lowest BCUT2D eigenvalue weighted by Crippen LogP contribution is -2.32. The topological polar surface area (TPSA) is 49.6 Å². The number of benzene rings is 2. The van der Waals surface area contributed by atoms with E-state index in [1.165, 1.54) is 29.7 Å². The van der Waals surface area contributed by atoms with Gasteiger partial charge in [0.25, 0.3) is 5.91 Å². The summed E-state index contributed by atoms with van der Waals surface area (Å²) in [4.78, 5) is 20.3. The van der Waals surface area contributed by atoms with Crippen LogP contribution in [0.2, 0.25) is 0 Å². The molecule has 1 saturated heterocycles. The molecule has 5 heteroatoms. The maximum absolute atomic E-state index is 13.1. The van der Waals surface area contributed by atoms with Crippen LogP contribution in [0.5, 0.6) is 0 Å². The second-order valence-corrected chi connectivity index (χ2v) is 9.67. The molecule has 1 aliphatic heterocycles. The van der Waals surface area contributed by atoms with Crippen molar-refractivity contribution in [1.82, 2.24) is 14.7 Å². The number of nitrogens with zero attached hydrogens (tertiary/aromatic N) is 3. The highest BCUT2D eigenvalue weighted by Gasteiger charge is 2.21. The number of anilines is 1. The smallest absolute Gasteiger partial charge is 0.270 e. The first-order valence-corrected chi connectivity index (χ1v) is 12.7. The average molecular weight is 467 g/mol. The molecule has 0 spiro atoms. The number of pyridine rings is 1. The molecule has 0 bridgehead atoms. The van der Waals surface area contributed by atoms with Crippen LogP contribution in [0.4, 0.5) is 5.69 Å². The molecule has 5 rings (SSSR count). The summed E-state index contributed by atoms with van der Waals surface area (Å²) in [6.07, 6.45) is 5.00. The molecule has 1 fully saturated rings. The maximum atomic E-state index is 13.1. The molecule has 2 aromatic carbocycles. The highest BCUT2D eigenvalue weighted by Crippen LogP contribution is 2.30. The fourth-order valence-electron chi connectivity index (χ4n) is 5.14. The van der Waals surface area contributed by atoms with E-state index < -0.39 is 0 Å². The van der Waals surface area contributed by atoms with E-state index in [4.69, 9.17) is 4.98 Å². The lowest BCUT2D eigenvalue weighted by Gasteiger charge is -2.34. The van der Waals surface area contributed by atoms with Crippen molar-refractivity contribution < 1.29 is 4.79 Å². The third-order valence-electron chi connectivity index (χ3n) is 7.27. The fourth-order valence-corrected chi connectivity index (χ4v) is 5.14. The molecule has 5 nitrogen and oxygen atoms in total. The minimum absolute atomic E-state index is 0.0813. The molecule has 4 aromatic rings. The van der Waals surface area contributed by atoms with Gasteiger partial charge in [0.2, 0.25) is 0 Å². The van der Waals surface area contributed by atoms with Gasteiger partial charge >= 0.3 is 0 Å². The Bertz CT molecular complexity index is 1310. The van der Waals surface area contributed by atoms with E-state index >= 15 is 0 Å². The molecule has 0 atom stereocenters. The Hall–Kier alpha value is -3.60. The molecule has 1 amide bonds. The summed E-state index contributed by atoms with van der Waals surface area (Å²) in [6, 6.07) is 21.6. The molecule has 0 saturated carbocycles. The van der Waals surface area contributed by atoms with E-state index in [0.717, 1.165) is 42.0 Å². The number of aryl methyl sites for hydroxylation is 3. The molecule has 0 aliphatic carbocycles. The van der Waals surface area contributed by atoms with Gasteiger partial charge in [-0.1, -0.05) is 55.0 Å². The standard InChI is InChI=1S/C30H34N4O/c1-4-27-28(34-17-5-6-22(3)29(34)32-27)30(35)31-20-23-9-13-26(14-10-23)33-18-15-25(16-19-33)24-11-7-21(2)8-12-24/h5-14,17,25H,4,15-16,18-20H2,1-3H3,(H,31,35). The molecule has 0 unspecified atom stereocenters. The first-order valence-electron chi connectivity index (χ1n) is 12.7. The summed E-state index contributed by atoms with van der Waals surface area (Å²) in [5.74, 6) is 0.569. The minimum Gasteiger partial charge on any atom is -0.371 e. The number of amides is 1. The molecule has 180 valence electrons. The summed E-state index contributed by atoms with van der Waals surface area (Å²) < 4.78 is 1.91. The average Bonchev–Trinajstić information content (AvgIpc) is 3.28. The monoisotopic (exact) mass is 466 g/mol. The maximum Gasteiger partial charge on any atom is 0.270 e. The second kappa shape index (κ2) is 9.95. The van der Waals surface area contributed by atoms with Gasteiger partial charge in [-0.3, -0.25) is 9.20 Å². The van der Waals surface area contributed by atoms with Gasteiger partial charge in [0, 0.05) is 31.5 Å². The summed E-state index contributed by atoms with van der Waals surface area (Å²) in [5, 5.41) is 3.10. The molecular weight excluding hydrogens is 432 g/mol. The quantitative estimate of drug-likeness (QED) is 0.389. The van der Waals surface area contributed by atoms with E-state index in [0.29, 0.717) is 18.2 Å². The summed E-state index contributed by atoms with van der Waals surface area (Å²) in [7, 11) is 0. The zero-order chi connectivity index (χ0) is 24.4. The Labute approximate surface area is 207 Å². The number of piperidine rings is 1. The first kappa shape index (κ1) is 23.2. The van der Waals surface area contributed by atoms with E-state index in [-0.39, 0.29) is 5.91 Å². The van der Waals surface area contributed by atoms with Gasteiger partial charge in [-0.25, -0.2) is 4.98 Å². The second-order valence-electron chi connectivity index (χ2n) is 9.67. The molecule has 1 N–H and O–H groups in total. The minimum atomic E-state index is -0.0813. The Kier molecular flexibility index (Phi) is 6.58. The molecule has 3 heterocycles. The number of rotatable bonds is 6. The van der Waals surface area contributed by atoms with E-state index in [2.05, 4.69) is 65.7 Å². The van der Waals surface area contributed by atoms with Crippen LogP contribution in [0.25, 0.3) is 5.65 Å². The van der Waals surface area contributed by atoms with Gasteiger partial charge in [-0.05, 0) is 73.9 Å². The van der Waals surface area contributed by atoms with Crippen LogP contribution in [0.3, 0.4) is 0 Å². The van der Waals surface area contributed by atoms with Crippen molar-refractivity contribution in [2.24, 2.45) is 0 Å². The first-order chi connectivity index (χ1) is 17.0. The number of aromatic nitrogens is 2. The van der Waals surface area contributed by atoms with Crippen LogP contribution < -0.4 is 10.2 Å². The largest absolute Gasteiger partial charge is 0.371 e. The highest BCUT2D eigenvalue weighted by atomic mass is 16.1. The van der Waals surface area contributed by atoms with Crippen molar-refractivity contribution in [3.63, 3.8) is 0 Å². The lowest BCUT2D eigenvalue weighted by molar-refractivity contribution is 0.0944. The normalized spacial score (nSPS) is 14.4. The van der Waals surface area contributed by atoms with Crippen LogP contribution in [-0.2, 0) is 13.0 Å². The van der Waals surface area contributed by atoms with E-state index in [1.54, 1.807) is 0 Å². The van der Waals surface area contributed by atoms with Crippen LogP contribution in [0, 0.1) is 13.8 Å². The number of fused-ring (bicyclic) bond motifs is 1. The van der Waals surface area contributed by atoms with E-state index in [1.807, 2.05) is 36.6 Å². The van der Waals surface area contributed by atoms with Gasteiger partial charge in [-0.2, -0.15) is 0 Å². The van der Waals surface area contributed by atoms with Gasteiger partial charge in [0.05, 0.1) is 5.69 Å². The third kappa shape index (κ3) is 4.81. The zero-order valence-corrected chi connectivity index (χ0v) is 20.9. The van der Waals surface area contributed by atoms with Crippen molar-refractivity contribution in [2.75, 3.05) is 18.0 Å².